The van der Waals surface area contributed by atoms with Crippen molar-refractivity contribution in [2.24, 2.45) is 0 Å². The van der Waals surface area contributed by atoms with Crippen molar-refractivity contribution in [3.8, 4) is 5.69 Å². The summed E-state index contributed by atoms with van der Waals surface area (Å²) in [6.07, 6.45) is 5.16. The van der Waals surface area contributed by atoms with Gasteiger partial charge in [-0.15, -0.1) is 5.10 Å². The average molecular weight is 226 g/mol. The van der Waals surface area contributed by atoms with E-state index in [1.807, 2.05) is 30.3 Å². The Bertz CT molecular complexity index is 583. The van der Waals surface area contributed by atoms with Crippen molar-refractivity contribution in [2.75, 3.05) is 0 Å². The maximum absolute atomic E-state index is 4.37. The Morgan fingerprint density at radius 2 is 2.00 bits per heavy atom. The standard InChI is InChI=1S/C11H10N6/c1-2-4-11(5-3-1)17-13-8-10(14-17)9-16-7-6-12-15-16/h1-8H,9H2. The van der Waals surface area contributed by atoms with Crippen LogP contribution in [-0.4, -0.2) is 30.0 Å². The Hall–Kier alpha value is -2.50. The van der Waals surface area contributed by atoms with Gasteiger partial charge >= 0.3 is 0 Å². The molecule has 2 heterocycles. The summed E-state index contributed by atoms with van der Waals surface area (Å²) in [5, 5.41) is 16.2. The van der Waals surface area contributed by atoms with Crippen molar-refractivity contribution >= 4 is 0 Å². The molecule has 0 aliphatic rings. The number of aromatic nitrogens is 6. The molecule has 84 valence electrons. The number of hydrogen-bond donors (Lipinski definition) is 0. The van der Waals surface area contributed by atoms with Gasteiger partial charge in [0.25, 0.3) is 0 Å². The van der Waals surface area contributed by atoms with Gasteiger partial charge in [0, 0.05) is 6.20 Å². The minimum absolute atomic E-state index is 0.576. The van der Waals surface area contributed by atoms with Gasteiger partial charge in [-0.1, -0.05) is 23.4 Å². The minimum Gasteiger partial charge on any atom is -0.246 e. The van der Waals surface area contributed by atoms with E-state index < -0.39 is 0 Å². The summed E-state index contributed by atoms with van der Waals surface area (Å²) in [7, 11) is 0. The van der Waals surface area contributed by atoms with Crippen LogP contribution in [0, 0.1) is 0 Å². The first-order valence-electron chi connectivity index (χ1n) is 5.22. The summed E-state index contributed by atoms with van der Waals surface area (Å²) in [5.74, 6) is 0. The zero-order chi connectivity index (χ0) is 11.5. The topological polar surface area (TPSA) is 61.4 Å². The predicted molar refractivity (Wildman–Crippen MR) is 60.5 cm³/mol. The molecule has 0 atom stereocenters. The zero-order valence-corrected chi connectivity index (χ0v) is 9.01. The molecule has 0 saturated heterocycles. The molecule has 0 bridgehead atoms. The second-order valence-corrected chi connectivity index (χ2v) is 3.56. The van der Waals surface area contributed by atoms with Gasteiger partial charge in [-0.3, -0.25) is 0 Å². The van der Waals surface area contributed by atoms with Gasteiger partial charge in [0.05, 0.1) is 24.6 Å². The summed E-state index contributed by atoms with van der Waals surface area (Å²) >= 11 is 0. The Kier molecular flexibility index (Phi) is 2.38. The summed E-state index contributed by atoms with van der Waals surface area (Å²) in [5.41, 5.74) is 1.79. The Morgan fingerprint density at radius 1 is 1.12 bits per heavy atom. The molecule has 0 unspecified atom stereocenters. The van der Waals surface area contributed by atoms with Crippen molar-refractivity contribution in [1.82, 2.24) is 30.0 Å². The van der Waals surface area contributed by atoms with Gasteiger partial charge in [0.2, 0.25) is 0 Å². The van der Waals surface area contributed by atoms with E-state index in [1.54, 1.807) is 28.1 Å². The highest BCUT2D eigenvalue weighted by Gasteiger charge is 2.03. The molecular formula is C11H10N6. The van der Waals surface area contributed by atoms with Gasteiger partial charge in [0.1, 0.15) is 5.69 Å². The van der Waals surface area contributed by atoms with Crippen LogP contribution >= 0.6 is 0 Å². The first kappa shape index (κ1) is 9.71. The van der Waals surface area contributed by atoms with Crippen LogP contribution in [0.25, 0.3) is 5.69 Å². The van der Waals surface area contributed by atoms with Gasteiger partial charge in [0.15, 0.2) is 0 Å². The van der Waals surface area contributed by atoms with Gasteiger partial charge in [-0.05, 0) is 12.1 Å². The van der Waals surface area contributed by atoms with Gasteiger partial charge in [-0.2, -0.15) is 15.0 Å². The second kappa shape index (κ2) is 4.17. The summed E-state index contributed by atoms with van der Waals surface area (Å²) in [6, 6.07) is 9.79. The summed E-state index contributed by atoms with van der Waals surface area (Å²) < 4.78 is 1.71. The molecule has 17 heavy (non-hydrogen) atoms. The lowest BCUT2D eigenvalue weighted by atomic mass is 10.3. The third kappa shape index (κ3) is 2.05. The maximum atomic E-state index is 4.37. The second-order valence-electron chi connectivity index (χ2n) is 3.56. The molecule has 0 aliphatic carbocycles. The highest BCUT2D eigenvalue weighted by atomic mass is 15.5. The fourth-order valence-electron chi connectivity index (χ4n) is 1.54. The molecule has 0 amide bonds. The van der Waals surface area contributed by atoms with Crippen LogP contribution in [0.1, 0.15) is 5.69 Å². The van der Waals surface area contributed by atoms with Crippen LogP contribution in [0.4, 0.5) is 0 Å². The van der Waals surface area contributed by atoms with E-state index in [1.165, 1.54) is 0 Å². The highest BCUT2D eigenvalue weighted by molar-refractivity contribution is 5.28. The Balaban J connectivity index is 1.84. The average Bonchev–Trinajstić information content (AvgIpc) is 3.02. The highest BCUT2D eigenvalue weighted by Crippen LogP contribution is 2.04. The SMILES string of the molecule is c1ccc(-n2ncc(Cn3ccnn3)n2)cc1. The lowest BCUT2D eigenvalue weighted by molar-refractivity contribution is 0.629. The quantitative estimate of drug-likeness (QED) is 0.666. The van der Waals surface area contributed by atoms with E-state index >= 15 is 0 Å². The third-order valence-electron chi connectivity index (χ3n) is 2.32. The molecule has 2 aromatic heterocycles. The lowest BCUT2D eigenvalue weighted by Gasteiger charge is -1.97. The fourth-order valence-corrected chi connectivity index (χ4v) is 1.54. The Morgan fingerprint density at radius 3 is 2.76 bits per heavy atom. The molecule has 0 fully saturated rings. The van der Waals surface area contributed by atoms with Gasteiger partial charge < -0.3 is 0 Å². The fraction of sp³-hybridized carbons (Fsp3) is 0.0909. The zero-order valence-electron chi connectivity index (χ0n) is 9.01. The number of hydrogen-bond acceptors (Lipinski definition) is 4. The molecule has 3 rings (SSSR count). The normalized spacial score (nSPS) is 10.6. The van der Waals surface area contributed by atoms with E-state index in [4.69, 9.17) is 0 Å². The molecule has 0 N–H and O–H groups in total. The van der Waals surface area contributed by atoms with Crippen LogP contribution in [0.15, 0.2) is 48.9 Å². The molecule has 6 nitrogen and oxygen atoms in total. The van der Waals surface area contributed by atoms with Crippen LogP contribution in [0.3, 0.4) is 0 Å². The van der Waals surface area contributed by atoms with E-state index in [9.17, 15) is 0 Å². The molecule has 0 aliphatic heterocycles. The van der Waals surface area contributed by atoms with E-state index in [-0.39, 0.29) is 0 Å². The lowest BCUT2D eigenvalue weighted by Crippen LogP contribution is -2.03. The largest absolute Gasteiger partial charge is 0.246 e. The van der Waals surface area contributed by atoms with Crippen molar-refractivity contribution in [3.63, 3.8) is 0 Å². The van der Waals surface area contributed by atoms with Crippen molar-refractivity contribution in [1.29, 1.82) is 0 Å². The van der Waals surface area contributed by atoms with E-state index in [0.717, 1.165) is 11.4 Å². The summed E-state index contributed by atoms with van der Waals surface area (Å²) in [6.45, 7) is 0.576. The smallest absolute Gasteiger partial charge is 0.105 e. The molecule has 0 saturated carbocycles. The van der Waals surface area contributed by atoms with Crippen LogP contribution in [0.2, 0.25) is 0 Å². The van der Waals surface area contributed by atoms with Crippen molar-refractivity contribution < 1.29 is 0 Å². The first-order chi connectivity index (χ1) is 8.42. The molecule has 1 aromatic carbocycles. The maximum Gasteiger partial charge on any atom is 0.105 e. The number of rotatable bonds is 3. The predicted octanol–water partition coefficient (Wildman–Crippen LogP) is 0.907. The molecule has 3 aromatic rings. The number of benzene rings is 1. The first-order valence-corrected chi connectivity index (χ1v) is 5.22. The van der Waals surface area contributed by atoms with Crippen molar-refractivity contribution in [2.45, 2.75) is 6.54 Å². The van der Waals surface area contributed by atoms with Crippen LogP contribution < -0.4 is 0 Å². The third-order valence-corrected chi connectivity index (χ3v) is 2.32. The molecule has 0 spiro atoms. The molecule has 0 radical (unpaired) electrons. The van der Waals surface area contributed by atoms with E-state index in [0.29, 0.717) is 6.54 Å². The van der Waals surface area contributed by atoms with E-state index in [2.05, 4.69) is 20.5 Å². The minimum atomic E-state index is 0.576. The van der Waals surface area contributed by atoms with Gasteiger partial charge in [-0.25, -0.2) is 4.68 Å². The molecular weight excluding hydrogens is 216 g/mol. The number of para-hydroxylation sites is 1. The monoisotopic (exact) mass is 226 g/mol. The van der Waals surface area contributed by atoms with Crippen LogP contribution in [0.5, 0.6) is 0 Å². The summed E-state index contributed by atoms with van der Waals surface area (Å²) in [4.78, 5) is 1.60. The van der Waals surface area contributed by atoms with Crippen molar-refractivity contribution in [3.05, 3.63) is 54.6 Å². The molecule has 6 heteroatoms. The number of nitrogens with zero attached hydrogens (tertiary/aromatic N) is 6. The Labute approximate surface area is 97.5 Å². The van der Waals surface area contributed by atoms with Crippen LogP contribution in [-0.2, 0) is 6.54 Å².